The largest absolute Gasteiger partial charge is 0.412 e. The Morgan fingerprint density at radius 1 is 1.69 bits per heavy atom. The van der Waals surface area contributed by atoms with Crippen molar-refractivity contribution < 1.29 is 20.1 Å². The zero-order valence-electron chi connectivity index (χ0n) is 8.37. The molecule has 1 saturated heterocycles. The summed E-state index contributed by atoms with van der Waals surface area (Å²) in [5.74, 6) is 0.161. The Balaban J connectivity index is 0.00000128. The predicted octanol–water partition coefficient (Wildman–Crippen LogP) is -2.14. The number of hydrogen-bond donors (Lipinski definition) is 2. The Bertz CT molecular complexity index is 407. The molecule has 5 N–H and O–H groups in total. The van der Waals surface area contributed by atoms with E-state index in [-0.39, 0.29) is 24.5 Å². The second-order valence-corrected chi connectivity index (χ2v) is 3.08. The number of nitrogen functional groups attached to an aromatic ring is 1. The van der Waals surface area contributed by atoms with Gasteiger partial charge in [-0.3, -0.25) is 4.57 Å². The molecule has 2 atom stereocenters. The average molecular weight is 231 g/mol. The van der Waals surface area contributed by atoms with E-state index in [4.69, 9.17) is 20.3 Å². The molecule has 0 aliphatic carbocycles. The summed E-state index contributed by atoms with van der Waals surface area (Å²) in [5.41, 5.74) is 4.85. The van der Waals surface area contributed by atoms with Gasteiger partial charge in [-0.25, -0.2) is 4.79 Å². The van der Waals surface area contributed by atoms with Gasteiger partial charge in [-0.1, -0.05) is 0 Å². The third-order valence-electron chi connectivity index (χ3n) is 2.04. The molecule has 16 heavy (non-hydrogen) atoms. The van der Waals surface area contributed by atoms with Crippen molar-refractivity contribution in [3.05, 3.63) is 22.7 Å². The minimum absolute atomic E-state index is 0. The first-order chi connectivity index (χ1) is 7.20. The molecule has 90 valence electrons. The summed E-state index contributed by atoms with van der Waals surface area (Å²) in [5, 5.41) is 8.77. The highest BCUT2D eigenvalue weighted by molar-refractivity contribution is 5.23. The monoisotopic (exact) mass is 231 g/mol. The second kappa shape index (κ2) is 5.03. The van der Waals surface area contributed by atoms with Gasteiger partial charge in [0.2, 0.25) is 0 Å². The highest BCUT2D eigenvalue weighted by Crippen LogP contribution is 2.18. The molecule has 0 unspecified atom stereocenters. The summed E-state index contributed by atoms with van der Waals surface area (Å²) < 4.78 is 11.6. The van der Waals surface area contributed by atoms with E-state index in [1.54, 1.807) is 0 Å². The molecule has 1 fully saturated rings. The minimum Gasteiger partial charge on any atom is -0.412 e. The zero-order valence-corrected chi connectivity index (χ0v) is 8.37. The van der Waals surface area contributed by atoms with Crippen LogP contribution in [0.5, 0.6) is 0 Å². The van der Waals surface area contributed by atoms with Crippen molar-refractivity contribution in [1.82, 2.24) is 9.55 Å². The van der Waals surface area contributed by atoms with Crippen LogP contribution in [-0.4, -0.2) is 39.6 Å². The van der Waals surface area contributed by atoms with E-state index in [1.165, 1.54) is 16.8 Å². The number of anilines is 1. The van der Waals surface area contributed by atoms with Gasteiger partial charge in [0.1, 0.15) is 5.82 Å². The summed E-state index contributed by atoms with van der Waals surface area (Å²) in [7, 11) is 0. The van der Waals surface area contributed by atoms with E-state index in [0.717, 1.165) is 0 Å². The van der Waals surface area contributed by atoms with Crippen LogP contribution < -0.4 is 11.4 Å². The first kappa shape index (κ1) is 12.6. The van der Waals surface area contributed by atoms with Crippen LogP contribution in [-0.2, 0) is 9.47 Å². The number of aliphatic hydroxyl groups excluding tert-OH is 1. The van der Waals surface area contributed by atoms with E-state index in [0.29, 0.717) is 0 Å². The molecule has 2 heterocycles. The van der Waals surface area contributed by atoms with Crippen molar-refractivity contribution in [2.45, 2.75) is 12.5 Å². The Hall–Kier alpha value is -1.48. The summed E-state index contributed by atoms with van der Waals surface area (Å²) in [6.45, 7) is -0.0373. The van der Waals surface area contributed by atoms with Crippen LogP contribution in [0.2, 0.25) is 0 Å². The fourth-order valence-corrected chi connectivity index (χ4v) is 1.33. The minimum atomic E-state index is -0.681. The van der Waals surface area contributed by atoms with Crippen molar-refractivity contribution in [2.24, 2.45) is 0 Å². The van der Waals surface area contributed by atoms with E-state index in [2.05, 4.69) is 4.98 Å². The molecule has 0 aromatic carbocycles. The van der Waals surface area contributed by atoms with Crippen LogP contribution in [0.1, 0.15) is 6.23 Å². The van der Waals surface area contributed by atoms with Crippen molar-refractivity contribution in [1.29, 1.82) is 0 Å². The Morgan fingerprint density at radius 2 is 2.44 bits per heavy atom. The topological polar surface area (TPSA) is 131 Å². The smallest absolute Gasteiger partial charge is 0.351 e. The molecule has 1 aliphatic heterocycles. The summed E-state index contributed by atoms with van der Waals surface area (Å²) in [6.07, 6.45) is 0.250. The van der Waals surface area contributed by atoms with Crippen molar-refractivity contribution in [2.75, 3.05) is 18.9 Å². The van der Waals surface area contributed by atoms with Crippen molar-refractivity contribution in [3.8, 4) is 0 Å². The van der Waals surface area contributed by atoms with Gasteiger partial charge in [0.05, 0.1) is 13.2 Å². The van der Waals surface area contributed by atoms with Crippen molar-refractivity contribution in [3.63, 3.8) is 0 Å². The molecule has 1 aliphatic rings. The molecule has 0 spiro atoms. The van der Waals surface area contributed by atoms with Gasteiger partial charge in [0.25, 0.3) is 0 Å². The van der Waals surface area contributed by atoms with Gasteiger partial charge in [-0.2, -0.15) is 4.98 Å². The highest BCUT2D eigenvalue weighted by atomic mass is 16.7. The summed E-state index contributed by atoms with van der Waals surface area (Å²) in [6, 6.07) is 1.50. The first-order valence-electron chi connectivity index (χ1n) is 4.43. The third kappa shape index (κ3) is 2.36. The first-order valence-corrected chi connectivity index (χ1v) is 4.43. The lowest BCUT2D eigenvalue weighted by molar-refractivity contribution is -0.0992. The molecule has 2 rings (SSSR count). The number of nitrogens with two attached hydrogens (primary N) is 1. The maximum Gasteiger partial charge on any atom is 0.351 e. The number of aliphatic hydroxyl groups is 1. The number of hydrogen-bond acceptors (Lipinski definition) is 6. The lowest BCUT2D eigenvalue weighted by atomic mass is 10.5. The molecular formula is C8H13N3O5. The molecule has 8 heteroatoms. The molecule has 0 bridgehead atoms. The lowest BCUT2D eigenvalue weighted by Gasteiger charge is -2.11. The molecule has 8 nitrogen and oxygen atoms in total. The van der Waals surface area contributed by atoms with Gasteiger partial charge in [0.15, 0.2) is 12.5 Å². The number of nitrogens with zero attached hydrogens (tertiary/aromatic N) is 2. The maximum atomic E-state index is 11.4. The second-order valence-electron chi connectivity index (χ2n) is 3.08. The standard InChI is InChI=1S/C8H11N3O4.H2O/c9-5-1-2-11(8(13)10-5)6-4-14-7(3-12)15-6;/h1-2,6-7,12H,3-4H2,(H2,9,10,13);1H2/t6-,7-;/m0./s1. The molecule has 1 aromatic heterocycles. The number of ether oxygens (including phenoxy) is 2. The van der Waals surface area contributed by atoms with E-state index < -0.39 is 18.2 Å². The highest BCUT2D eigenvalue weighted by Gasteiger charge is 2.27. The summed E-state index contributed by atoms with van der Waals surface area (Å²) in [4.78, 5) is 15.0. The summed E-state index contributed by atoms with van der Waals surface area (Å²) >= 11 is 0. The van der Waals surface area contributed by atoms with Crippen LogP contribution in [0.4, 0.5) is 5.82 Å². The molecule has 0 amide bonds. The van der Waals surface area contributed by atoms with E-state index >= 15 is 0 Å². The Kier molecular flexibility index (Phi) is 3.96. The molecule has 1 aromatic rings. The molecule has 0 radical (unpaired) electrons. The van der Waals surface area contributed by atoms with Crippen LogP contribution in [0.25, 0.3) is 0 Å². The Labute approximate surface area is 90.5 Å². The number of rotatable bonds is 2. The van der Waals surface area contributed by atoms with Crippen molar-refractivity contribution >= 4 is 5.82 Å². The van der Waals surface area contributed by atoms with Gasteiger partial charge in [-0.15, -0.1) is 0 Å². The zero-order chi connectivity index (χ0) is 10.8. The third-order valence-corrected chi connectivity index (χ3v) is 2.04. The van der Waals surface area contributed by atoms with E-state index in [9.17, 15) is 4.79 Å². The normalized spacial score (nSPS) is 24.1. The molecular weight excluding hydrogens is 218 g/mol. The van der Waals surface area contributed by atoms with Crippen LogP contribution in [0.3, 0.4) is 0 Å². The Morgan fingerprint density at radius 3 is 3.00 bits per heavy atom. The quantitative estimate of drug-likeness (QED) is 0.597. The van der Waals surface area contributed by atoms with Gasteiger partial charge in [0, 0.05) is 6.20 Å². The van der Waals surface area contributed by atoms with Crippen LogP contribution in [0.15, 0.2) is 17.1 Å². The lowest BCUT2D eigenvalue weighted by Crippen LogP contribution is -2.28. The predicted molar refractivity (Wildman–Crippen MR) is 53.5 cm³/mol. The average Bonchev–Trinajstić information content (AvgIpc) is 2.66. The number of aromatic nitrogens is 2. The van der Waals surface area contributed by atoms with Gasteiger partial charge < -0.3 is 25.8 Å². The molecule has 0 saturated carbocycles. The SMILES string of the molecule is Nc1ccn([C@@H]2CO[C@H](CO)O2)c(=O)n1.O. The fourth-order valence-electron chi connectivity index (χ4n) is 1.33. The van der Waals surface area contributed by atoms with Crippen LogP contribution >= 0.6 is 0 Å². The van der Waals surface area contributed by atoms with Gasteiger partial charge >= 0.3 is 5.69 Å². The maximum absolute atomic E-state index is 11.4. The van der Waals surface area contributed by atoms with Gasteiger partial charge in [-0.05, 0) is 6.07 Å². The van der Waals surface area contributed by atoms with Crippen LogP contribution in [0, 0.1) is 0 Å². The van der Waals surface area contributed by atoms with E-state index in [1.807, 2.05) is 0 Å². The fraction of sp³-hybridized carbons (Fsp3) is 0.500.